The maximum atomic E-state index is 5.94. The molecule has 0 aliphatic carbocycles. The van der Waals surface area contributed by atoms with Crippen molar-refractivity contribution < 1.29 is 0 Å². The minimum atomic E-state index is 0.800. The fourth-order valence-corrected chi connectivity index (χ4v) is 2.86. The van der Waals surface area contributed by atoms with Gasteiger partial charge in [0.15, 0.2) is 0 Å². The number of hydrogen-bond acceptors (Lipinski definition) is 3. The van der Waals surface area contributed by atoms with E-state index in [0.717, 1.165) is 28.8 Å². The van der Waals surface area contributed by atoms with Gasteiger partial charge in [0, 0.05) is 23.2 Å². The number of halogens is 1. The highest BCUT2D eigenvalue weighted by molar-refractivity contribution is 9.10. The van der Waals surface area contributed by atoms with Crippen LogP contribution < -0.4 is 11.1 Å². The van der Waals surface area contributed by atoms with Crippen LogP contribution in [0, 0.1) is 6.92 Å². The summed E-state index contributed by atoms with van der Waals surface area (Å²) in [5.41, 5.74) is 10.6. The quantitative estimate of drug-likeness (QED) is 0.845. The highest BCUT2D eigenvalue weighted by atomic mass is 79.9. The minimum Gasteiger partial charge on any atom is -0.398 e. The lowest BCUT2D eigenvalue weighted by Gasteiger charge is -2.08. The third-order valence-electron chi connectivity index (χ3n) is 2.70. The molecule has 0 saturated heterocycles. The van der Waals surface area contributed by atoms with Crippen LogP contribution in [0.4, 0.5) is 5.69 Å². The summed E-state index contributed by atoms with van der Waals surface area (Å²) in [6, 6.07) is 6.00. The average molecular weight is 311 g/mol. The first-order valence-electron chi connectivity index (χ1n) is 5.43. The predicted molar refractivity (Wildman–Crippen MR) is 78.2 cm³/mol. The number of benzene rings is 1. The van der Waals surface area contributed by atoms with Crippen LogP contribution >= 0.6 is 27.3 Å². The molecule has 2 rings (SSSR count). The molecule has 0 aliphatic heterocycles. The zero-order chi connectivity index (χ0) is 12.3. The second-order valence-electron chi connectivity index (χ2n) is 4.03. The van der Waals surface area contributed by atoms with Gasteiger partial charge in [0.05, 0.1) is 0 Å². The molecule has 0 bridgehead atoms. The SMILES string of the molecule is Cc1cscc1CNCc1ccc(Br)cc1N. The molecule has 2 nitrogen and oxygen atoms in total. The Morgan fingerprint density at radius 2 is 2.00 bits per heavy atom. The van der Waals surface area contributed by atoms with Crippen LogP contribution in [0.5, 0.6) is 0 Å². The van der Waals surface area contributed by atoms with E-state index in [1.165, 1.54) is 11.1 Å². The first kappa shape index (κ1) is 12.6. The monoisotopic (exact) mass is 310 g/mol. The van der Waals surface area contributed by atoms with Gasteiger partial charge in [0.2, 0.25) is 0 Å². The van der Waals surface area contributed by atoms with Crippen molar-refractivity contribution in [2.45, 2.75) is 20.0 Å². The van der Waals surface area contributed by atoms with Gasteiger partial charge in [-0.05, 0) is 46.5 Å². The van der Waals surface area contributed by atoms with Crippen LogP contribution in [0.1, 0.15) is 16.7 Å². The molecule has 90 valence electrons. The highest BCUT2D eigenvalue weighted by Gasteiger charge is 2.01. The van der Waals surface area contributed by atoms with Crippen LogP contribution in [0.2, 0.25) is 0 Å². The minimum absolute atomic E-state index is 0.800. The number of thiophene rings is 1. The fourth-order valence-electron chi connectivity index (χ4n) is 1.63. The second kappa shape index (κ2) is 5.67. The van der Waals surface area contributed by atoms with Crippen molar-refractivity contribution in [2.75, 3.05) is 5.73 Å². The maximum Gasteiger partial charge on any atom is 0.0370 e. The van der Waals surface area contributed by atoms with E-state index >= 15 is 0 Å². The standard InChI is InChI=1S/C13H15BrN2S/c1-9-7-17-8-11(9)6-16-5-10-2-3-12(14)4-13(10)15/h2-4,7-8,16H,5-6,15H2,1H3. The molecule has 1 heterocycles. The Bertz CT molecular complexity index is 508. The molecule has 0 saturated carbocycles. The summed E-state index contributed by atoms with van der Waals surface area (Å²) in [5.74, 6) is 0. The topological polar surface area (TPSA) is 38.0 Å². The molecule has 1 aromatic carbocycles. The molecule has 0 spiro atoms. The normalized spacial score (nSPS) is 10.7. The van der Waals surface area contributed by atoms with Crippen molar-refractivity contribution >= 4 is 33.0 Å². The van der Waals surface area contributed by atoms with Gasteiger partial charge in [-0.3, -0.25) is 0 Å². The summed E-state index contributed by atoms with van der Waals surface area (Å²) in [6.07, 6.45) is 0. The Hall–Kier alpha value is -0.840. The number of nitrogen functional groups attached to an aromatic ring is 1. The molecule has 0 aliphatic rings. The molecule has 0 atom stereocenters. The van der Waals surface area contributed by atoms with Crippen LogP contribution in [-0.4, -0.2) is 0 Å². The van der Waals surface area contributed by atoms with E-state index in [2.05, 4.69) is 38.9 Å². The molecule has 4 heteroatoms. The first-order chi connectivity index (χ1) is 8.16. The number of nitrogens with two attached hydrogens (primary N) is 1. The summed E-state index contributed by atoms with van der Waals surface area (Å²) < 4.78 is 1.02. The van der Waals surface area contributed by atoms with Crippen molar-refractivity contribution in [1.82, 2.24) is 5.32 Å². The molecule has 0 fully saturated rings. The first-order valence-corrected chi connectivity index (χ1v) is 7.16. The lowest BCUT2D eigenvalue weighted by Crippen LogP contribution is -2.14. The van der Waals surface area contributed by atoms with E-state index in [0.29, 0.717) is 0 Å². The Morgan fingerprint density at radius 1 is 1.24 bits per heavy atom. The van der Waals surface area contributed by atoms with Crippen molar-refractivity contribution in [1.29, 1.82) is 0 Å². The molecule has 1 aromatic heterocycles. The van der Waals surface area contributed by atoms with E-state index in [1.807, 2.05) is 18.2 Å². The maximum absolute atomic E-state index is 5.94. The number of rotatable bonds is 4. The van der Waals surface area contributed by atoms with Gasteiger partial charge in [-0.2, -0.15) is 11.3 Å². The Balaban J connectivity index is 1.92. The summed E-state index contributed by atoms with van der Waals surface area (Å²) in [4.78, 5) is 0. The molecule has 0 unspecified atom stereocenters. The van der Waals surface area contributed by atoms with Gasteiger partial charge in [-0.1, -0.05) is 22.0 Å². The number of anilines is 1. The number of hydrogen-bond donors (Lipinski definition) is 2. The van der Waals surface area contributed by atoms with Crippen molar-refractivity contribution in [3.63, 3.8) is 0 Å². The Labute approximate surface area is 114 Å². The van der Waals surface area contributed by atoms with Crippen LogP contribution in [-0.2, 0) is 13.1 Å². The van der Waals surface area contributed by atoms with Crippen molar-refractivity contribution in [3.05, 3.63) is 50.1 Å². The fraction of sp³-hybridized carbons (Fsp3) is 0.231. The van der Waals surface area contributed by atoms with Crippen LogP contribution in [0.15, 0.2) is 33.4 Å². The number of aryl methyl sites for hydroxylation is 1. The van der Waals surface area contributed by atoms with E-state index in [9.17, 15) is 0 Å². The van der Waals surface area contributed by atoms with Crippen molar-refractivity contribution in [2.24, 2.45) is 0 Å². The molecule has 2 aromatic rings. The average Bonchev–Trinajstić information content (AvgIpc) is 2.68. The molecule has 0 radical (unpaired) electrons. The predicted octanol–water partition coefficient (Wildman–Crippen LogP) is 3.69. The Morgan fingerprint density at radius 3 is 2.65 bits per heavy atom. The summed E-state index contributed by atoms with van der Waals surface area (Å²) in [5, 5.41) is 7.78. The molecular formula is C13H15BrN2S. The Kier molecular flexibility index (Phi) is 4.20. The third-order valence-corrected chi connectivity index (χ3v) is 4.10. The van der Waals surface area contributed by atoms with E-state index in [1.54, 1.807) is 11.3 Å². The van der Waals surface area contributed by atoms with Gasteiger partial charge >= 0.3 is 0 Å². The second-order valence-corrected chi connectivity index (χ2v) is 5.69. The summed E-state index contributed by atoms with van der Waals surface area (Å²) in [7, 11) is 0. The van der Waals surface area contributed by atoms with Gasteiger partial charge in [0.25, 0.3) is 0 Å². The molecular weight excluding hydrogens is 296 g/mol. The van der Waals surface area contributed by atoms with Gasteiger partial charge < -0.3 is 11.1 Å². The molecule has 17 heavy (non-hydrogen) atoms. The highest BCUT2D eigenvalue weighted by Crippen LogP contribution is 2.19. The summed E-state index contributed by atoms with van der Waals surface area (Å²) in [6.45, 7) is 3.83. The van der Waals surface area contributed by atoms with Gasteiger partial charge in [-0.25, -0.2) is 0 Å². The van der Waals surface area contributed by atoms with Gasteiger partial charge in [0.1, 0.15) is 0 Å². The van der Waals surface area contributed by atoms with E-state index in [4.69, 9.17) is 5.73 Å². The van der Waals surface area contributed by atoms with Crippen molar-refractivity contribution in [3.8, 4) is 0 Å². The van der Waals surface area contributed by atoms with E-state index in [-0.39, 0.29) is 0 Å². The lowest BCUT2D eigenvalue weighted by molar-refractivity contribution is 0.693. The lowest BCUT2D eigenvalue weighted by atomic mass is 10.1. The zero-order valence-electron chi connectivity index (χ0n) is 9.66. The van der Waals surface area contributed by atoms with Gasteiger partial charge in [-0.15, -0.1) is 0 Å². The smallest absolute Gasteiger partial charge is 0.0370 e. The third kappa shape index (κ3) is 3.31. The zero-order valence-corrected chi connectivity index (χ0v) is 12.1. The summed E-state index contributed by atoms with van der Waals surface area (Å²) >= 11 is 5.15. The molecule has 0 amide bonds. The number of nitrogens with one attached hydrogen (secondary N) is 1. The van der Waals surface area contributed by atoms with Crippen LogP contribution in [0.3, 0.4) is 0 Å². The molecule has 3 N–H and O–H groups in total. The van der Waals surface area contributed by atoms with Crippen LogP contribution in [0.25, 0.3) is 0 Å². The largest absolute Gasteiger partial charge is 0.398 e. The van der Waals surface area contributed by atoms with E-state index < -0.39 is 0 Å².